The van der Waals surface area contributed by atoms with Crippen molar-refractivity contribution >= 4 is 35.1 Å². The summed E-state index contributed by atoms with van der Waals surface area (Å²) >= 11 is 11.7. The maximum absolute atomic E-state index is 12.1. The van der Waals surface area contributed by atoms with Crippen LogP contribution in [0.15, 0.2) is 72.8 Å². The Morgan fingerprint density at radius 2 is 1.50 bits per heavy atom. The molecule has 0 aliphatic heterocycles. The summed E-state index contributed by atoms with van der Waals surface area (Å²) in [6, 6.07) is 23.1. The smallest absolute Gasteiger partial charge is 0.359 e. The number of ether oxygens (including phenoxy) is 1. The summed E-state index contributed by atoms with van der Waals surface area (Å²) < 4.78 is 5.00. The number of halogens is 2. The lowest BCUT2D eigenvalue weighted by molar-refractivity contribution is -0.124. The number of hydrogen-bond acceptors (Lipinski definition) is 4. The zero-order chi connectivity index (χ0) is 21.3. The fraction of sp³-hybridized carbons (Fsp3) is 0.174. The standard InChI is InChI=1S/C23H20Cl2N2O3/c24-19-11-12-20(25)27-22(19)23(29)30-15-21(28)26-14-13-18(16-7-3-1-4-8-16)17-9-5-2-6-10-17/h1-12,18H,13-15H2,(H,26,28). The van der Waals surface area contributed by atoms with Crippen molar-refractivity contribution in [2.24, 2.45) is 0 Å². The van der Waals surface area contributed by atoms with E-state index in [0.717, 1.165) is 0 Å². The van der Waals surface area contributed by atoms with Crippen molar-refractivity contribution in [3.05, 3.63) is 99.8 Å². The molecule has 0 saturated carbocycles. The number of carbonyl (C=O) groups excluding carboxylic acids is 2. The van der Waals surface area contributed by atoms with Crippen molar-refractivity contribution in [2.45, 2.75) is 12.3 Å². The Kier molecular flexibility index (Phi) is 7.82. The fourth-order valence-electron chi connectivity index (χ4n) is 3.06. The van der Waals surface area contributed by atoms with E-state index in [0.29, 0.717) is 13.0 Å². The molecule has 0 spiro atoms. The number of esters is 1. The Hall–Kier alpha value is -2.89. The van der Waals surface area contributed by atoms with Crippen LogP contribution in [0.4, 0.5) is 0 Å². The van der Waals surface area contributed by atoms with Crippen LogP contribution in [-0.4, -0.2) is 30.0 Å². The van der Waals surface area contributed by atoms with Crippen molar-refractivity contribution in [1.29, 1.82) is 0 Å². The molecule has 7 heteroatoms. The maximum atomic E-state index is 12.1. The van der Waals surface area contributed by atoms with Crippen LogP contribution < -0.4 is 5.32 Å². The molecule has 154 valence electrons. The van der Waals surface area contributed by atoms with Gasteiger partial charge in [-0.3, -0.25) is 4.79 Å². The normalized spacial score (nSPS) is 10.6. The molecule has 0 atom stereocenters. The molecule has 0 aliphatic rings. The van der Waals surface area contributed by atoms with E-state index in [1.807, 2.05) is 36.4 Å². The van der Waals surface area contributed by atoms with Gasteiger partial charge in [0.15, 0.2) is 12.3 Å². The van der Waals surface area contributed by atoms with Gasteiger partial charge in [-0.15, -0.1) is 0 Å². The second-order valence-corrected chi connectivity index (χ2v) is 7.35. The quantitative estimate of drug-likeness (QED) is 0.398. The molecule has 0 saturated heterocycles. The Morgan fingerprint density at radius 1 is 0.900 bits per heavy atom. The van der Waals surface area contributed by atoms with Gasteiger partial charge in [0.1, 0.15) is 5.15 Å². The highest BCUT2D eigenvalue weighted by atomic mass is 35.5. The Morgan fingerprint density at radius 3 is 2.10 bits per heavy atom. The second kappa shape index (κ2) is 10.8. The molecule has 5 nitrogen and oxygen atoms in total. The number of aromatic nitrogens is 1. The molecule has 1 aromatic heterocycles. The minimum Gasteiger partial charge on any atom is -0.451 e. The monoisotopic (exact) mass is 442 g/mol. The molecule has 0 fully saturated rings. The van der Waals surface area contributed by atoms with E-state index in [-0.39, 0.29) is 21.8 Å². The second-order valence-electron chi connectivity index (χ2n) is 6.55. The number of rotatable bonds is 8. The van der Waals surface area contributed by atoms with E-state index < -0.39 is 18.5 Å². The average Bonchev–Trinajstić information content (AvgIpc) is 2.78. The van der Waals surface area contributed by atoms with Gasteiger partial charge in [-0.2, -0.15) is 0 Å². The molecule has 0 aliphatic carbocycles. The third-order valence-corrected chi connectivity index (χ3v) is 5.01. The van der Waals surface area contributed by atoms with Gasteiger partial charge < -0.3 is 10.1 Å². The first-order valence-electron chi connectivity index (χ1n) is 9.40. The molecule has 2 aromatic carbocycles. The van der Waals surface area contributed by atoms with E-state index >= 15 is 0 Å². The number of pyridine rings is 1. The first-order chi connectivity index (χ1) is 14.5. The third-order valence-electron chi connectivity index (χ3n) is 4.50. The van der Waals surface area contributed by atoms with Crippen LogP contribution in [0.3, 0.4) is 0 Å². The van der Waals surface area contributed by atoms with Crippen molar-refractivity contribution in [3.8, 4) is 0 Å². The van der Waals surface area contributed by atoms with Crippen LogP contribution in [0.1, 0.15) is 34.0 Å². The summed E-state index contributed by atoms with van der Waals surface area (Å²) in [6.07, 6.45) is 0.704. The lowest BCUT2D eigenvalue weighted by atomic mass is 9.88. The van der Waals surface area contributed by atoms with Crippen LogP contribution in [0.25, 0.3) is 0 Å². The predicted octanol–water partition coefficient (Wildman–Crippen LogP) is 4.88. The SMILES string of the molecule is O=C(COC(=O)c1nc(Cl)ccc1Cl)NCCC(c1ccccc1)c1ccccc1. The molecule has 3 rings (SSSR count). The van der Waals surface area contributed by atoms with E-state index in [1.54, 1.807) is 0 Å². The summed E-state index contributed by atoms with van der Waals surface area (Å²) in [5.74, 6) is -1.06. The summed E-state index contributed by atoms with van der Waals surface area (Å²) in [5, 5.41) is 3.01. The molecule has 0 unspecified atom stereocenters. The molecule has 0 radical (unpaired) electrons. The highest BCUT2D eigenvalue weighted by Gasteiger charge is 2.17. The molecule has 30 heavy (non-hydrogen) atoms. The summed E-state index contributed by atoms with van der Waals surface area (Å²) in [7, 11) is 0. The molecule has 3 aromatic rings. The molecular weight excluding hydrogens is 423 g/mol. The highest BCUT2D eigenvalue weighted by molar-refractivity contribution is 6.34. The Balaban J connectivity index is 1.53. The van der Waals surface area contributed by atoms with E-state index in [4.69, 9.17) is 27.9 Å². The van der Waals surface area contributed by atoms with Gasteiger partial charge >= 0.3 is 5.97 Å². The first kappa shape index (κ1) is 21.8. The zero-order valence-corrected chi connectivity index (χ0v) is 17.6. The van der Waals surface area contributed by atoms with Gasteiger partial charge in [-0.25, -0.2) is 9.78 Å². The minimum atomic E-state index is -0.802. The maximum Gasteiger partial charge on any atom is 0.359 e. The largest absolute Gasteiger partial charge is 0.451 e. The summed E-state index contributed by atoms with van der Waals surface area (Å²) in [6.45, 7) is 0.00566. The average molecular weight is 443 g/mol. The lowest BCUT2D eigenvalue weighted by Gasteiger charge is -2.18. The van der Waals surface area contributed by atoms with Crippen molar-refractivity contribution in [3.63, 3.8) is 0 Å². The number of benzene rings is 2. The molecule has 0 bridgehead atoms. The van der Waals surface area contributed by atoms with Gasteiger partial charge in [0.05, 0.1) is 5.02 Å². The van der Waals surface area contributed by atoms with Gasteiger partial charge in [-0.05, 0) is 29.7 Å². The van der Waals surface area contributed by atoms with E-state index in [2.05, 4.69) is 34.6 Å². The Bertz CT molecular complexity index is 958. The van der Waals surface area contributed by atoms with Crippen LogP contribution in [-0.2, 0) is 9.53 Å². The minimum absolute atomic E-state index is 0.110. The van der Waals surface area contributed by atoms with Crippen LogP contribution in [0.2, 0.25) is 10.2 Å². The van der Waals surface area contributed by atoms with Crippen molar-refractivity contribution in [1.82, 2.24) is 10.3 Å². The Labute approximate surface area is 185 Å². The third kappa shape index (κ3) is 6.05. The topological polar surface area (TPSA) is 68.3 Å². The lowest BCUT2D eigenvalue weighted by Crippen LogP contribution is -2.30. The summed E-state index contributed by atoms with van der Waals surface area (Å²) in [4.78, 5) is 28.0. The van der Waals surface area contributed by atoms with Crippen LogP contribution in [0.5, 0.6) is 0 Å². The number of amides is 1. The van der Waals surface area contributed by atoms with Crippen LogP contribution >= 0.6 is 23.2 Å². The van der Waals surface area contributed by atoms with Gasteiger partial charge in [0.2, 0.25) is 0 Å². The zero-order valence-electron chi connectivity index (χ0n) is 16.1. The highest BCUT2D eigenvalue weighted by Crippen LogP contribution is 2.27. The molecular formula is C23H20Cl2N2O3. The first-order valence-corrected chi connectivity index (χ1v) is 10.2. The van der Waals surface area contributed by atoms with Gasteiger partial charge in [-0.1, -0.05) is 83.9 Å². The summed E-state index contributed by atoms with van der Waals surface area (Å²) in [5.41, 5.74) is 2.22. The predicted molar refractivity (Wildman–Crippen MR) is 117 cm³/mol. The van der Waals surface area contributed by atoms with Gasteiger partial charge in [0, 0.05) is 12.5 Å². The number of nitrogens with one attached hydrogen (secondary N) is 1. The number of hydrogen-bond donors (Lipinski definition) is 1. The van der Waals surface area contributed by atoms with Crippen molar-refractivity contribution in [2.75, 3.05) is 13.2 Å². The number of nitrogens with zero attached hydrogens (tertiary/aromatic N) is 1. The van der Waals surface area contributed by atoms with Crippen molar-refractivity contribution < 1.29 is 14.3 Å². The van der Waals surface area contributed by atoms with Gasteiger partial charge in [0.25, 0.3) is 5.91 Å². The number of carbonyl (C=O) groups is 2. The molecule has 1 N–H and O–H groups in total. The molecule has 1 amide bonds. The molecule has 1 heterocycles. The fourth-order valence-corrected chi connectivity index (χ4v) is 3.39. The van der Waals surface area contributed by atoms with Crippen LogP contribution in [0, 0.1) is 0 Å². The van der Waals surface area contributed by atoms with E-state index in [1.165, 1.54) is 23.3 Å². The van der Waals surface area contributed by atoms with E-state index in [9.17, 15) is 9.59 Å².